The lowest BCUT2D eigenvalue weighted by Gasteiger charge is -2.16. The Kier molecular flexibility index (Phi) is 5.76. The van der Waals surface area contributed by atoms with Crippen LogP contribution in [0.3, 0.4) is 0 Å². The highest BCUT2D eigenvalue weighted by Crippen LogP contribution is 2.35. The van der Waals surface area contributed by atoms with Gasteiger partial charge in [-0.15, -0.1) is 5.10 Å². The number of nitrogens with zero attached hydrogens (tertiary/aromatic N) is 4. The van der Waals surface area contributed by atoms with Crippen molar-refractivity contribution in [3.8, 4) is 11.4 Å². The van der Waals surface area contributed by atoms with E-state index in [4.69, 9.17) is 0 Å². The molecule has 7 nitrogen and oxygen atoms in total. The molecule has 0 spiro atoms. The fourth-order valence-electron chi connectivity index (χ4n) is 2.86. The van der Waals surface area contributed by atoms with Crippen LogP contribution >= 0.6 is 11.8 Å². The number of hydrogen-bond acceptors (Lipinski definition) is 6. The molecule has 0 radical (unpaired) electrons. The number of carbonyl (C=O) groups excluding carboxylic acids is 1. The number of anilines is 1. The average Bonchev–Trinajstić information content (AvgIpc) is 3.23. The van der Waals surface area contributed by atoms with E-state index >= 15 is 0 Å². The number of carbonyl (C=O) groups is 1. The van der Waals surface area contributed by atoms with Crippen LogP contribution in [0.1, 0.15) is 16.4 Å². The topological polar surface area (TPSA) is 92.9 Å². The molecule has 0 bridgehead atoms. The van der Waals surface area contributed by atoms with Crippen molar-refractivity contribution >= 4 is 23.4 Å². The summed E-state index contributed by atoms with van der Waals surface area (Å²) in [6, 6.07) is 23.7. The van der Waals surface area contributed by atoms with E-state index in [-0.39, 0.29) is 11.7 Å². The molecule has 3 aromatic carbocycles. The van der Waals surface area contributed by atoms with E-state index in [9.17, 15) is 9.90 Å². The molecule has 2 N–H and O–H groups in total. The van der Waals surface area contributed by atoms with Gasteiger partial charge in [-0.1, -0.05) is 59.8 Å². The van der Waals surface area contributed by atoms with E-state index in [2.05, 4.69) is 20.8 Å². The van der Waals surface area contributed by atoms with Crippen LogP contribution < -0.4 is 5.32 Å². The highest BCUT2D eigenvalue weighted by atomic mass is 32.2. The van der Waals surface area contributed by atoms with Crippen LogP contribution in [0.15, 0.2) is 84.0 Å². The maximum atomic E-state index is 13.2. The Morgan fingerprint density at radius 3 is 2.40 bits per heavy atom. The molecule has 0 saturated carbocycles. The van der Waals surface area contributed by atoms with E-state index in [0.717, 1.165) is 16.8 Å². The molecule has 30 heavy (non-hydrogen) atoms. The number of tetrazole rings is 1. The Balaban J connectivity index is 1.63. The van der Waals surface area contributed by atoms with Gasteiger partial charge >= 0.3 is 0 Å². The molecule has 1 amide bonds. The van der Waals surface area contributed by atoms with Gasteiger partial charge in [0.2, 0.25) is 11.1 Å². The number of aromatic nitrogens is 4. The van der Waals surface area contributed by atoms with E-state index in [0.29, 0.717) is 10.8 Å². The summed E-state index contributed by atoms with van der Waals surface area (Å²) >= 11 is 1.26. The van der Waals surface area contributed by atoms with E-state index in [1.165, 1.54) is 11.8 Å². The van der Waals surface area contributed by atoms with Crippen molar-refractivity contribution < 1.29 is 9.90 Å². The van der Waals surface area contributed by atoms with Gasteiger partial charge in [0.05, 0.1) is 5.69 Å². The van der Waals surface area contributed by atoms with Gasteiger partial charge < -0.3 is 10.4 Å². The molecule has 1 aromatic heterocycles. The zero-order chi connectivity index (χ0) is 20.9. The molecule has 1 atom stereocenters. The van der Waals surface area contributed by atoms with Gasteiger partial charge in [0.25, 0.3) is 0 Å². The predicted molar refractivity (Wildman–Crippen MR) is 116 cm³/mol. The molecule has 8 heteroatoms. The van der Waals surface area contributed by atoms with Crippen LogP contribution in [-0.4, -0.2) is 31.2 Å². The average molecular weight is 417 g/mol. The lowest BCUT2D eigenvalue weighted by molar-refractivity contribution is -0.115. The van der Waals surface area contributed by atoms with Gasteiger partial charge in [-0.2, -0.15) is 4.68 Å². The molecular weight excluding hydrogens is 398 g/mol. The van der Waals surface area contributed by atoms with Crippen LogP contribution in [0, 0.1) is 6.92 Å². The number of rotatable bonds is 6. The van der Waals surface area contributed by atoms with Gasteiger partial charge in [-0.25, -0.2) is 0 Å². The Labute approximate surface area is 177 Å². The minimum Gasteiger partial charge on any atom is -0.508 e. The van der Waals surface area contributed by atoms with Crippen LogP contribution in [0.4, 0.5) is 5.69 Å². The Hall–Kier alpha value is -3.65. The summed E-state index contributed by atoms with van der Waals surface area (Å²) in [6.07, 6.45) is 0. The van der Waals surface area contributed by atoms with Crippen molar-refractivity contribution in [2.45, 2.75) is 17.3 Å². The number of benzene rings is 3. The number of amides is 1. The van der Waals surface area contributed by atoms with Crippen molar-refractivity contribution in [2.75, 3.05) is 5.32 Å². The molecule has 0 unspecified atom stereocenters. The van der Waals surface area contributed by atoms with Gasteiger partial charge in [-0.05, 0) is 59.3 Å². The van der Waals surface area contributed by atoms with Gasteiger partial charge in [0, 0.05) is 5.69 Å². The summed E-state index contributed by atoms with van der Waals surface area (Å²) in [6.45, 7) is 2.00. The van der Waals surface area contributed by atoms with Crippen LogP contribution in [0.2, 0.25) is 0 Å². The normalized spacial score (nSPS) is 11.8. The summed E-state index contributed by atoms with van der Waals surface area (Å²) in [5.74, 6) is -0.0176. The van der Waals surface area contributed by atoms with Crippen LogP contribution in [0.5, 0.6) is 5.75 Å². The summed E-state index contributed by atoms with van der Waals surface area (Å²) in [5, 5.41) is 24.3. The summed E-state index contributed by atoms with van der Waals surface area (Å²) in [5.41, 5.74) is 3.37. The zero-order valence-electron chi connectivity index (χ0n) is 16.1. The lowest BCUT2D eigenvalue weighted by atomic mass is 10.1. The van der Waals surface area contributed by atoms with Gasteiger partial charge in [0.15, 0.2) is 0 Å². The summed E-state index contributed by atoms with van der Waals surface area (Å²) in [4.78, 5) is 13.2. The van der Waals surface area contributed by atoms with Gasteiger partial charge in [0.1, 0.15) is 11.0 Å². The minimum absolute atomic E-state index is 0.153. The molecule has 0 aliphatic heterocycles. The third-order valence-corrected chi connectivity index (χ3v) is 5.61. The SMILES string of the molecule is Cc1ccc(NC(=O)[C@@H](Sc2nnnn2-c2ccc(O)cc2)c2ccccc2)cc1. The van der Waals surface area contributed by atoms with Crippen LogP contribution in [-0.2, 0) is 4.79 Å². The van der Waals surface area contributed by atoms with Gasteiger partial charge in [-0.3, -0.25) is 4.79 Å². The number of thioether (sulfide) groups is 1. The molecule has 0 saturated heterocycles. The number of phenols is 1. The van der Waals surface area contributed by atoms with Crippen molar-refractivity contribution in [3.63, 3.8) is 0 Å². The molecule has 150 valence electrons. The standard InChI is InChI=1S/C22H19N5O2S/c1-15-7-9-17(10-8-15)23-21(29)20(16-5-3-2-4-6-16)30-22-24-25-26-27(22)18-11-13-19(28)14-12-18/h2-14,20,28H,1H3,(H,23,29)/t20-/m0/s1. The number of aryl methyl sites for hydroxylation is 1. The Morgan fingerprint density at radius 2 is 1.70 bits per heavy atom. The Morgan fingerprint density at radius 1 is 1.00 bits per heavy atom. The molecule has 0 aliphatic rings. The maximum Gasteiger partial charge on any atom is 0.242 e. The second kappa shape index (κ2) is 8.79. The maximum absolute atomic E-state index is 13.2. The third kappa shape index (κ3) is 4.49. The number of nitrogens with one attached hydrogen (secondary N) is 1. The zero-order valence-corrected chi connectivity index (χ0v) is 17.0. The number of hydrogen-bond donors (Lipinski definition) is 2. The highest BCUT2D eigenvalue weighted by Gasteiger charge is 2.25. The van der Waals surface area contributed by atoms with Crippen molar-refractivity contribution in [2.24, 2.45) is 0 Å². The Bertz CT molecular complexity index is 1130. The van der Waals surface area contributed by atoms with Crippen molar-refractivity contribution in [1.82, 2.24) is 20.2 Å². The van der Waals surface area contributed by atoms with E-state index < -0.39 is 5.25 Å². The highest BCUT2D eigenvalue weighted by molar-refractivity contribution is 8.00. The molecule has 0 aliphatic carbocycles. The smallest absolute Gasteiger partial charge is 0.242 e. The first-order chi connectivity index (χ1) is 14.6. The quantitative estimate of drug-likeness (QED) is 0.458. The molecule has 1 heterocycles. The fraction of sp³-hybridized carbons (Fsp3) is 0.0909. The number of aromatic hydroxyl groups is 1. The molecule has 4 aromatic rings. The lowest BCUT2D eigenvalue weighted by Crippen LogP contribution is -2.19. The molecule has 4 rings (SSSR count). The first kappa shape index (κ1) is 19.7. The van der Waals surface area contributed by atoms with Crippen molar-refractivity contribution in [1.29, 1.82) is 0 Å². The third-order valence-electron chi connectivity index (χ3n) is 4.42. The monoisotopic (exact) mass is 417 g/mol. The predicted octanol–water partition coefficient (Wildman–Crippen LogP) is 4.15. The van der Waals surface area contributed by atoms with E-state index in [1.807, 2.05) is 61.5 Å². The minimum atomic E-state index is -0.561. The van der Waals surface area contributed by atoms with E-state index in [1.54, 1.807) is 28.9 Å². The van der Waals surface area contributed by atoms with Crippen LogP contribution in [0.25, 0.3) is 5.69 Å². The van der Waals surface area contributed by atoms with Crippen molar-refractivity contribution in [3.05, 3.63) is 90.0 Å². The summed E-state index contributed by atoms with van der Waals surface area (Å²) in [7, 11) is 0. The first-order valence-corrected chi connectivity index (χ1v) is 10.1. The first-order valence-electron chi connectivity index (χ1n) is 9.27. The summed E-state index contributed by atoms with van der Waals surface area (Å²) < 4.78 is 1.54. The fourth-order valence-corrected chi connectivity index (χ4v) is 3.85. The second-order valence-electron chi connectivity index (χ2n) is 6.65. The molecular formula is C22H19N5O2S. The second-order valence-corrected chi connectivity index (χ2v) is 7.73. The largest absolute Gasteiger partial charge is 0.508 e. The molecule has 0 fully saturated rings. The number of phenolic OH excluding ortho intramolecular Hbond substituents is 1.